The Morgan fingerprint density at radius 1 is 1.31 bits per heavy atom. The van der Waals surface area contributed by atoms with Crippen LogP contribution >= 0.6 is 0 Å². The summed E-state index contributed by atoms with van der Waals surface area (Å²) in [7, 11) is 0. The molecule has 3 rings (SSSR count). The first-order valence-electron chi connectivity index (χ1n) is 4.66. The summed E-state index contributed by atoms with van der Waals surface area (Å²) in [6.45, 7) is 1.99. The fourth-order valence-electron chi connectivity index (χ4n) is 1.56. The molecule has 0 bridgehead atoms. The molecule has 1 fully saturated rings. The number of H-pyrrole nitrogens is 1. The molecular formula is C10H11N3. The summed E-state index contributed by atoms with van der Waals surface area (Å²) in [5, 5.41) is 0. The summed E-state index contributed by atoms with van der Waals surface area (Å²) >= 11 is 0. The summed E-state index contributed by atoms with van der Waals surface area (Å²) < 4.78 is 0. The van der Waals surface area contributed by atoms with Crippen molar-refractivity contribution in [2.24, 2.45) is 0 Å². The van der Waals surface area contributed by atoms with Crippen molar-refractivity contribution in [1.29, 1.82) is 0 Å². The van der Waals surface area contributed by atoms with Crippen molar-refractivity contribution < 1.29 is 0 Å². The molecule has 3 nitrogen and oxygen atoms in total. The molecule has 1 aliphatic carbocycles. The van der Waals surface area contributed by atoms with Gasteiger partial charge in [0.05, 0.1) is 5.52 Å². The Bertz CT molecular complexity index is 454. The molecule has 1 N–H and O–H groups in total. The minimum atomic E-state index is 0.675. The number of nitrogens with zero attached hydrogens (tertiary/aromatic N) is 2. The molecule has 13 heavy (non-hydrogen) atoms. The number of aromatic nitrogens is 3. The molecule has 0 saturated heterocycles. The first kappa shape index (κ1) is 7.06. The lowest BCUT2D eigenvalue weighted by Gasteiger charge is -1.88. The Labute approximate surface area is 76.2 Å². The number of pyridine rings is 1. The van der Waals surface area contributed by atoms with Crippen molar-refractivity contribution >= 4 is 11.2 Å². The van der Waals surface area contributed by atoms with Crippen LogP contribution in [0.4, 0.5) is 0 Å². The Kier molecular flexibility index (Phi) is 1.26. The molecule has 2 heterocycles. The van der Waals surface area contributed by atoms with Crippen LogP contribution in [0.1, 0.15) is 30.3 Å². The number of imidazole rings is 1. The minimum Gasteiger partial charge on any atom is -0.340 e. The second kappa shape index (κ2) is 2.31. The molecule has 0 spiro atoms. The van der Waals surface area contributed by atoms with Crippen LogP contribution in [0.5, 0.6) is 0 Å². The molecule has 66 valence electrons. The van der Waals surface area contributed by atoms with E-state index in [1.807, 2.05) is 13.0 Å². The average Bonchev–Trinajstić information content (AvgIpc) is 2.87. The third-order valence-electron chi connectivity index (χ3n) is 2.47. The Morgan fingerprint density at radius 2 is 2.15 bits per heavy atom. The number of aryl methyl sites for hydroxylation is 1. The van der Waals surface area contributed by atoms with E-state index in [4.69, 9.17) is 0 Å². The van der Waals surface area contributed by atoms with Crippen molar-refractivity contribution in [3.63, 3.8) is 0 Å². The van der Waals surface area contributed by atoms with Gasteiger partial charge in [0.2, 0.25) is 0 Å². The number of hydrogen-bond donors (Lipinski definition) is 1. The first-order valence-corrected chi connectivity index (χ1v) is 4.66. The molecule has 3 heteroatoms. The normalized spacial score (nSPS) is 16.7. The van der Waals surface area contributed by atoms with Crippen LogP contribution in [0.2, 0.25) is 0 Å². The number of nitrogens with one attached hydrogen (secondary N) is 1. The lowest BCUT2D eigenvalue weighted by molar-refractivity contribution is 0.983. The van der Waals surface area contributed by atoms with Crippen molar-refractivity contribution in [3.05, 3.63) is 23.7 Å². The molecule has 0 aliphatic heterocycles. The number of rotatable bonds is 1. The van der Waals surface area contributed by atoms with Gasteiger partial charge in [0.15, 0.2) is 5.65 Å². The van der Waals surface area contributed by atoms with Gasteiger partial charge in [-0.25, -0.2) is 9.97 Å². The highest BCUT2D eigenvalue weighted by molar-refractivity contribution is 5.70. The largest absolute Gasteiger partial charge is 0.340 e. The highest BCUT2D eigenvalue weighted by atomic mass is 15.0. The van der Waals surface area contributed by atoms with Crippen molar-refractivity contribution in [1.82, 2.24) is 15.0 Å². The van der Waals surface area contributed by atoms with E-state index in [9.17, 15) is 0 Å². The van der Waals surface area contributed by atoms with Gasteiger partial charge in [-0.05, 0) is 31.9 Å². The predicted molar refractivity (Wildman–Crippen MR) is 50.6 cm³/mol. The zero-order valence-corrected chi connectivity index (χ0v) is 7.54. The van der Waals surface area contributed by atoms with Crippen LogP contribution < -0.4 is 0 Å². The number of fused-ring (bicyclic) bond motifs is 1. The van der Waals surface area contributed by atoms with E-state index in [1.54, 1.807) is 0 Å². The van der Waals surface area contributed by atoms with Crippen LogP contribution in [0.25, 0.3) is 11.2 Å². The molecule has 0 unspecified atom stereocenters. The molecule has 2 aromatic rings. The van der Waals surface area contributed by atoms with Crippen LogP contribution in [0.15, 0.2) is 12.1 Å². The second-order valence-electron chi connectivity index (χ2n) is 3.72. The van der Waals surface area contributed by atoms with E-state index in [0.717, 1.165) is 22.7 Å². The molecular weight excluding hydrogens is 162 g/mol. The Balaban J connectivity index is 2.20. The Morgan fingerprint density at radius 3 is 2.92 bits per heavy atom. The van der Waals surface area contributed by atoms with Gasteiger partial charge in [-0.1, -0.05) is 0 Å². The summed E-state index contributed by atoms with van der Waals surface area (Å²) in [6.07, 6.45) is 2.55. The SMILES string of the molecule is Cc1ccc2[nH]c(C3CC3)nc2n1. The van der Waals surface area contributed by atoms with E-state index < -0.39 is 0 Å². The fraction of sp³-hybridized carbons (Fsp3) is 0.400. The zero-order valence-electron chi connectivity index (χ0n) is 7.54. The highest BCUT2D eigenvalue weighted by Crippen LogP contribution is 2.38. The molecule has 0 aromatic carbocycles. The summed E-state index contributed by atoms with van der Waals surface area (Å²) in [4.78, 5) is 12.1. The van der Waals surface area contributed by atoms with Gasteiger partial charge in [-0.15, -0.1) is 0 Å². The molecule has 0 radical (unpaired) electrons. The quantitative estimate of drug-likeness (QED) is 0.717. The van der Waals surface area contributed by atoms with Gasteiger partial charge in [-0.2, -0.15) is 0 Å². The molecule has 1 aliphatic rings. The lowest BCUT2D eigenvalue weighted by Crippen LogP contribution is -1.81. The van der Waals surface area contributed by atoms with E-state index in [0.29, 0.717) is 5.92 Å². The van der Waals surface area contributed by atoms with Crippen LogP contribution in [-0.4, -0.2) is 15.0 Å². The van der Waals surface area contributed by atoms with E-state index >= 15 is 0 Å². The van der Waals surface area contributed by atoms with Crippen LogP contribution in [0, 0.1) is 6.92 Å². The van der Waals surface area contributed by atoms with Gasteiger partial charge in [0, 0.05) is 11.6 Å². The molecule has 1 saturated carbocycles. The van der Waals surface area contributed by atoms with E-state index in [2.05, 4.69) is 21.0 Å². The second-order valence-corrected chi connectivity index (χ2v) is 3.72. The van der Waals surface area contributed by atoms with E-state index in [1.165, 1.54) is 12.8 Å². The maximum atomic E-state index is 4.47. The summed E-state index contributed by atoms with van der Waals surface area (Å²) in [6, 6.07) is 4.06. The maximum Gasteiger partial charge on any atom is 0.177 e. The van der Waals surface area contributed by atoms with Gasteiger partial charge in [0.25, 0.3) is 0 Å². The fourth-order valence-corrected chi connectivity index (χ4v) is 1.56. The minimum absolute atomic E-state index is 0.675. The van der Waals surface area contributed by atoms with Crippen molar-refractivity contribution in [2.45, 2.75) is 25.7 Å². The zero-order chi connectivity index (χ0) is 8.84. The Hall–Kier alpha value is -1.38. The topological polar surface area (TPSA) is 41.6 Å². The number of aromatic amines is 1. The first-order chi connectivity index (χ1) is 6.33. The maximum absolute atomic E-state index is 4.47. The smallest absolute Gasteiger partial charge is 0.177 e. The van der Waals surface area contributed by atoms with Gasteiger partial charge in [-0.3, -0.25) is 0 Å². The monoisotopic (exact) mass is 173 g/mol. The highest BCUT2D eigenvalue weighted by Gasteiger charge is 2.26. The van der Waals surface area contributed by atoms with Crippen LogP contribution in [-0.2, 0) is 0 Å². The number of hydrogen-bond acceptors (Lipinski definition) is 2. The average molecular weight is 173 g/mol. The third-order valence-corrected chi connectivity index (χ3v) is 2.47. The predicted octanol–water partition coefficient (Wildman–Crippen LogP) is 2.14. The van der Waals surface area contributed by atoms with E-state index in [-0.39, 0.29) is 0 Å². The third kappa shape index (κ3) is 1.11. The van der Waals surface area contributed by atoms with Gasteiger partial charge >= 0.3 is 0 Å². The van der Waals surface area contributed by atoms with Crippen LogP contribution in [0.3, 0.4) is 0 Å². The summed E-state index contributed by atoms with van der Waals surface area (Å²) in [5.74, 6) is 1.79. The molecule has 2 aromatic heterocycles. The lowest BCUT2D eigenvalue weighted by atomic mass is 10.3. The van der Waals surface area contributed by atoms with Crippen molar-refractivity contribution in [3.8, 4) is 0 Å². The molecule has 0 atom stereocenters. The summed E-state index contributed by atoms with van der Waals surface area (Å²) in [5.41, 5.74) is 2.95. The van der Waals surface area contributed by atoms with Crippen molar-refractivity contribution in [2.75, 3.05) is 0 Å². The van der Waals surface area contributed by atoms with Gasteiger partial charge < -0.3 is 4.98 Å². The standard InChI is InChI=1S/C10H11N3/c1-6-2-5-8-10(11-6)13-9(12-8)7-3-4-7/h2,5,7H,3-4H2,1H3,(H,11,12,13). The molecule has 0 amide bonds. The van der Waals surface area contributed by atoms with Gasteiger partial charge in [0.1, 0.15) is 5.82 Å².